The van der Waals surface area contributed by atoms with Crippen molar-refractivity contribution in [3.05, 3.63) is 0 Å². The summed E-state index contributed by atoms with van der Waals surface area (Å²) in [4.78, 5) is 11.3. The van der Waals surface area contributed by atoms with Crippen LogP contribution in [0, 0.1) is 5.92 Å². The summed E-state index contributed by atoms with van der Waals surface area (Å²) >= 11 is 0. The molecule has 0 spiro atoms. The second kappa shape index (κ2) is 6.80. The maximum atomic E-state index is 11.3. The third kappa shape index (κ3) is 4.18. The second-order valence-corrected chi connectivity index (χ2v) is 4.17. The molecular formula is C11H24N2O2. The number of hydrogen-bond donors (Lipinski definition) is 3. The Kier molecular flexibility index (Phi) is 6.52. The third-order valence-corrected chi connectivity index (χ3v) is 3.01. The van der Waals surface area contributed by atoms with E-state index in [1.807, 2.05) is 6.92 Å². The van der Waals surface area contributed by atoms with Crippen LogP contribution >= 0.6 is 0 Å². The molecule has 2 atom stereocenters. The molecule has 0 aliphatic rings. The number of rotatable bonds is 8. The lowest BCUT2D eigenvalue weighted by Crippen LogP contribution is -2.54. The zero-order valence-electron chi connectivity index (χ0n) is 10.0. The first kappa shape index (κ1) is 14.4. The quantitative estimate of drug-likeness (QED) is 0.570. The molecule has 4 nitrogen and oxygen atoms in total. The zero-order chi connectivity index (χ0) is 11.9. The van der Waals surface area contributed by atoms with Gasteiger partial charge in [-0.15, -0.1) is 0 Å². The number of nitrogens with one attached hydrogen (secondary N) is 1. The number of carboxylic acids is 1. The van der Waals surface area contributed by atoms with Crippen LogP contribution in [0.5, 0.6) is 0 Å². The van der Waals surface area contributed by atoms with Gasteiger partial charge in [0.15, 0.2) is 0 Å². The van der Waals surface area contributed by atoms with Gasteiger partial charge in [0.1, 0.15) is 5.54 Å². The Labute approximate surface area is 92.2 Å². The largest absolute Gasteiger partial charge is 0.480 e. The fourth-order valence-electron chi connectivity index (χ4n) is 1.71. The van der Waals surface area contributed by atoms with Crippen molar-refractivity contribution in [1.29, 1.82) is 0 Å². The van der Waals surface area contributed by atoms with Gasteiger partial charge in [-0.25, -0.2) is 0 Å². The van der Waals surface area contributed by atoms with Crippen LogP contribution in [-0.4, -0.2) is 29.7 Å². The first-order valence-corrected chi connectivity index (χ1v) is 5.70. The van der Waals surface area contributed by atoms with Gasteiger partial charge in [-0.2, -0.15) is 0 Å². The van der Waals surface area contributed by atoms with E-state index in [9.17, 15) is 9.90 Å². The van der Waals surface area contributed by atoms with E-state index in [4.69, 9.17) is 5.73 Å². The van der Waals surface area contributed by atoms with Gasteiger partial charge in [0.25, 0.3) is 0 Å². The van der Waals surface area contributed by atoms with E-state index in [0.717, 1.165) is 6.42 Å². The molecule has 0 aliphatic carbocycles. The fourth-order valence-corrected chi connectivity index (χ4v) is 1.71. The fraction of sp³-hybridized carbons (Fsp3) is 0.909. The van der Waals surface area contributed by atoms with Gasteiger partial charge in [-0.3, -0.25) is 4.79 Å². The molecule has 0 bridgehead atoms. The molecule has 0 saturated heterocycles. The number of aliphatic carboxylic acids is 1. The van der Waals surface area contributed by atoms with Crippen molar-refractivity contribution >= 4 is 5.97 Å². The SMILES string of the molecule is CCC(C)CC(CC)(NCCN)C(=O)O. The average Bonchev–Trinajstić information content (AvgIpc) is 2.23. The molecule has 0 rings (SSSR count). The Balaban J connectivity index is 4.57. The smallest absolute Gasteiger partial charge is 0.323 e. The van der Waals surface area contributed by atoms with Crippen LogP contribution in [0.15, 0.2) is 0 Å². The molecule has 2 unspecified atom stereocenters. The van der Waals surface area contributed by atoms with Crippen LogP contribution in [0.1, 0.15) is 40.0 Å². The molecule has 15 heavy (non-hydrogen) atoms. The Bertz CT molecular complexity index is 197. The molecule has 90 valence electrons. The van der Waals surface area contributed by atoms with Crippen molar-refractivity contribution in [1.82, 2.24) is 5.32 Å². The zero-order valence-corrected chi connectivity index (χ0v) is 10.0. The van der Waals surface area contributed by atoms with Crippen LogP contribution in [0.3, 0.4) is 0 Å². The first-order valence-electron chi connectivity index (χ1n) is 5.70. The van der Waals surface area contributed by atoms with Crippen LogP contribution in [0.2, 0.25) is 0 Å². The third-order valence-electron chi connectivity index (χ3n) is 3.01. The predicted octanol–water partition coefficient (Wildman–Crippen LogP) is 1.20. The molecule has 4 heteroatoms. The van der Waals surface area contributed by atoms with Crippen LogP contribution in [-0.2, 0) is 4.79 Å². The standard InChI is InChI=1S/C11H24N2O2/c1-4-9(3)8-11(5-2,10(14)15)13-7-6-12/h9,13H,4-8,12H2,1-3H3,(H,14,15). The lowest BCUT2D eigenvalue weighted by molar-refractivity contribution is -0.146. The van der Waals surface area contributed by atoms with E-state index in [1.54, 1.807) is 0 Å². The van der Waals surface area contributed by atoms with Crippen molar-refractivity contribution in [2.75, 3.05) is 13.1 Å². The lowest BCUT2D eigenvalue weighted by atomic mass is 9.84. The summed E-state index contributed by atoms with van der Waals surface area (Å²) in [7, 11) is 0. The molecule has 0 aromatic carbocycles. The first-order chi connectivity index (χ1) is 7.02. The monoisotopic (exact) mass is 216 g/mol. The molecule has 0 heterocycles. The molecule has 0 aromatic rings. The van der Waals surface area contributed by atoms with Gasteiger partial charge < -0.3 is 16.2 Å². The van der Waals surface area contributed by atoms with Gasteiger partial charge in [0.2, 0.25) is 0 Å². The van der Waals surface area contributed by atoms with Gasteiger partial charge in [-0.1, -0.05) is 27.2 Å². The van der Waals surface area contributed by atoms with E-state index >= 15 is 0 Å². The molecule has 0 radical (unpaired) electrons. The highest BCUT2D eigenvalue weighted by Gasteiger charge is 2.36. The summed E-state index contributed by atoms with van der Waals surface area (Å²) in [6.45, 7) is 7.08. The van der Waals surface area contributed by atoms with E-state index in [0.29, 0.717) is 31.8 Å². The van der Waals surface area contributed by atoms with Gasteiger partial charge >= 0.3 is 5.97 Å². The minimum absolute atomic E-state index is 0.409. The van der Waals surface area contributed by atoms with Crippen molar-refractivity contribution in [3.8, 4) is 0 Å². The minimum Gasteiger partial charge on any atom is -0.480 e. The summed E-state index contributed by atoms with van der Waals surface area (Å²) in [5.41, 5.74) is 4.60. The van der Waals surface area contributed by atoms with Crippen molar-refractivity contribution in [3.63, 3.8) is 0 Å². The molecule has 0 aromatic heterocycles. The Morgan fingerprint density at radius 2 is 2.13 bits per heavy atom. The highest BCUT2D eigenvalue weighted by atomic mass is 16.4. The molecule has 0 fully saturated rings. The van der Waals surface area contributed by atoms with E-state index in [-0.39, 0.29) is 0 Å². The number of carboxylic acid groups (broad SMARTS) is 1. The highest BCUT2D eigenvalue weighted by Crippen LogP contribution is 2.23. The van der Waals surface area contributed by atoms with Crippen LogP contribution < -0.4 is 11.1 Å². The van der Waals surface area contributed by atoms with Gasteiger partial charge in [0, 0.05) is 13.1 Å². The van der Waals surface area contributed by atoms with Crippen molar-refractivity contribution in [2.24, 2.45) is 11.7 Å². The topological polar surface area (TPSA) is 75.3 Å². The lowest BCUT2D eigenvalue weighted by Gasteiger charge is -2.31. The summed E-state index contributed by atoms with van der Waals surface area (Å²) in [5, 5.41) is 12.4. The minimum atomic E-state index is -0.797. The van der Waals surface area contributed by atoms with Crippen LogP contribution in [0.25, 0.3) is 0 Å². The molecule has 0 amide bonds. The van der Waals surface area contributed by atoms with Crippen molar-refractivity contribution < 1.29 is 9.90 Å². The van der Waals surface area contributed by atoms with Gasteiger partial charge in [0.05, 0.1) is 0 Å². The van der Waals surface area contributed by atoms with Crippen molar-refractivity contribution in [2.45, 2.75) is 45.6 Å². The maximum Gasteiger partial charge on any atom is 0.323 e. The average molecular weight is 216 g/mol. The summed E-state index contributed by atoms with van der Waals surface area (Å²) < 4.78 is 0. The van der Waals surface area contributed by atoms with E-state index in [1.165, 1.54) is 0 Å². The highest BCUT2D eigenvalue weighted by molar-refractivity contribution is 5.78. The molecular weight excluding hydrogens is 192 g/mol. The van der Waals surface area contributed by atoms with Gasteiger partial charge in [-0.05, 0) is 18.8 Å². The maximum absolute atomic E-state index is 11.3. The Morgan fingerprint density at radius 3 is 2.47 bits per heavy atom. The summed E-state index contributed by atoms with van der Waals surface area (Å²) in [6.07, 6.45) is 2.25. The predicted molar refractivity (Wildman–Crippen MR) is 61.8 cm³/mol. The summed E-state index contributed by atoms with van der Waals surface area (Å²) in [6, 6.07) is 0. The molecule has 0 aliphatic heterocycles. The number of nitrogens with two attached hydrogens (primary N) is 1. The van der Waals surface area contributed by atoms with Crippen LogP contribution in [0.4, 0.5) is 0 Å². The Hall–Kier alpha value is -0.610. The van der Waals surface area contributed by atoms with E-state index < -0.39 is 11.5 Å². The number of carbonyl (C=O) groups is 1. The summed E-state index contributed by atoms with van der Waals surface area (Å²) in [5.74, 6) is -0.356. The van der Waals surface area contributed by atoms with E-state index in [2.05, 4.69) is 19.2 Å². The molecule has 4 N–H and O–H groups in total. The Morgan fingerprint density at radius 1 is 1.53 bits per heavy atom. The number of hydrogen-bond acceptors (Lipinski definition) is 3. The normalized spacial score (nSPS) is 17.1. The molecule has 0 saturated carbocycles. The second-order valence-electron chi connectivity index (χ2n) is 4.17.